The maximum atomic E-state index is 13.0. The van der Waals surface area contributed by atoms with Crippen LogP contribution in [0.2, 0.25) is 0 Å². The summed E-state index contributed by atoms with van der Waals surface area (Å²) in [7, 11) is 1.77. The number of hydrogen-bond acceptors (Lipinski definition) is 3. The van der Waals surface area contributed by atoms with Crippen LogP contribution in [-0.2, 0) is 6.42 Å². The van der Waals surface area contributed by atoms with Crippen molar-refractivity contribution in [2.24, 2.45) is 5.41 Å². The number of Topliss-reactive ketones (excluding diaryl/α,β-unsaturated/α-hetero) is 1. The summed E-state index contributed by atoms with van der Waals surface area (Å²) >= 11 is 0. The molecule has 0 bridgehead atoms. The molecule has 1 aliphatic rings. The van der Waals surface area contributed by atoms with Crippen LogP contribution in [-0.4, -0.2) is 33.6 Å². The molecule has 0 radical (unpaired) electrons. The second-order valence-electron chi connectivity index (χ2n) is 7.77. The number of nitrogens with zero attached hydrogens (tertiary/aromatic N) is 2. The normalized spacial score (nSPS) is 17.1. The largest absolute Gasteiger partial charge is 0.354 e. The molecule has 1 amide bonds. The highest BCUT2D eigenvalue weighted by Crippen LogP contribution is 2.37. The van der Waals surface area contributed by atoms with Gasteiger partial charge in [-0.3, -0.25) is 14.6 Å². The Morgan fingerprint density at radius 2 is 2.04 bits per heavy atom. The molecule has 0 unspecified atom stereocenters. The summed E-state index contributed by atoms with van der Waals surface area (Å²) in [6.45, 7) is 7.98. The van der Waals surface area contributed by atoms with Gasteiger partial charge in [0.1, 0.15) is 5.69 Å². The lowest BCUT2D eigenvalue weighted by Crippen LogP contribution is -2.30. The van der Waals surface area contributed by atoms with Crippen LogP contribution < -0.4 is 0 Å². The molecular weight excluding hydrogens is 314 g/mol. The highest BCUT2D eigenvalue weighted by atomic mass is 16.2. The van der Waals surface area contributed by atoms with Crippen LogP contribution in [0.5, 0.6) is 0 Å². The number of pyridine rings is 1. The van der Waals surface area contributed by atoms with Crippen molar-refractivity contribution in [3.63, 3.8) is 0 Å². The number of aromatic nitrogens is 2. The number of amides is 1. The van der Waals surface area contributed by atoms with Gasteiger partial charge in [-0.2, -0.15) is 0 Å². The Morgan fingerprint density at radius 1 is 1.32 bits per heavy atom. The molecule has 0 saturated carbocycles. The zero-order valence-electron chi connectivity index (χ0n) is 15.5. The number of nitrogens with one attached hydrogen (secondary N) is 1. The van der Waals surface area contributed by atoms with Crippen molar-refractivity contribution in [2.45, 2.75) is 46.6 Å². The Labute approximate surface area is 148 Å². The first-order valence-corrected chi connectivity index (χ1v) is 8.64. The van der Waals surface area contributed by atoms with Crippen molar-refractivity contribution in [1.82, 2.24) is 14.9 Å². The van der Waals surface area contributed by atoms with Crippen LogP contribution in [0.4, 0.5) is 0 Å². The smallest absolute Gasteiger partial charge is 0.270 e. The SMILES string of the molecule is Cc1c(C(=O)N(C)[C@H](C)c2ccccn2)[nH]c2c1C(=O)CC(C)(C)C2. The van der Waals surface area contributed by atoms with Crippen LogP contribution in [0, 0.1) is 12.3 Å². The summed E-state index contributed by atoms with van der Waals surface area (Å²) in [4.78, 5) is 34.8. The van der Waals surface area contributed by atoms with E-state index in [4.69, 9.17) is 0 Å². The number of aromatic amines is 1. The third-order valence-electron chi connectivity index (χ3n) is 5.13. The molecule has 2 aromatic rings. The Bertz CT molecular complexity index is 821. The Morgan fingerprint density at radius 3 is 2.68 bits per heavy atom. The topological polar surface area (TPSA) is 66.1 Å². The van der Waals surface area contributed by atoms with Gasteiger partial charge in [-0.25, -0.2) is 0 Å². The minimum atomic E-state index is -0.152. The van der Waals surface area contributed by atoms with Gasteiger partial charge in [0.25, 0.3) is 5.91 Å². The summed E-state index contributed by atoms with van der Waals surface area (Å²) in [6, 6.07) is 5.53. The summed E-state index contributed by atoms with van der Waals surface area (Å²) < 4.78 is 0. The van der Waals surface area contributed by atoms with Gasteiger partial charge in [0.05, 0.1) is 11.7 Å². The van der Waals surface area contributed by atoms with Crippen molar-refractivity contribution in [1.29, 1.82) is 0 Å². The standard InChI is InChI=1S/C20H25N3O2/c1-12-17-15(10-20(3,4)11-16(17)24)22-18(12)19(25)23(5)13(2)14-8-6-7-9-21-14/h6-9,13,22H,10-11H2,1-5H3/t13-/m1/s1. The Kier molecular flexibility index (Phi) is 4.27. The molecule has 0 spiro atoms. The van der Waals surface area contributed by atoms with Gasteiger partial charge in [-0.15, -0.1) is 0 Å². The van der Waals surface area contributed by atoms with Gasteiger partial charge in [-0.05, 0) is 43.4 Å². The fraction of sp³-hybridized carbons (Fsp3) is 0.450. The summed E-state index contributed by atoms with van der Waals surface area (Å²) in [5.41, 5.74) is 3.64. The first kappa shape index (κ1) is 17.4. The van der Waals surface area contributed by atoms with E-state index in [1.807, 2.05) is 32.0 Å². The number of H-pyrrole nitrogens is 1. The quantitative estimate of drug-likeness (QED) is 0.927. The van der Waals surface area contributed by atoms with Crippen molar-refractivity contribution in [3.05, 3.63) is 52.6 Å². The number of fused-ring (bicyclic) bond motifs is 1. The van der Waals surface area contributed by atoms with E-state index < -0.39 is 0 Å². The molecule has 3 rings (SSSR count). The van der Waals surface area contributed by atoms with Crippen LogP contribution in [0.1, 0.15) is 71.0 Å². The van der Waals surface area contributed by atoms with Crippen LogP contribution in [0.3, 0.4) is 0 Å². The van der Waals surface area contributed by atoms with Crippen LogP contribution in [0.25, 0.3) is 0 Å². The fourth-order valence-electron chi connectivity index (χ4n) is 3.62. The third-order valence-corrected chi connectivity index (χ3v) is 5.13. The van der Waals surface area contributed by atoms with Gasteiger partial charge < -0.3 is 9.88 Å². The van der Waals surface area contributed by atoms with Crippen LogP contribution >= 0.6 is 0 Å². The second-order valence-corrected chi connectivity index (χ2v) is 7.77. The second kappa shape index (κ2) is 6.14. The Hall–Kier alpha value is -2.43. The minimum absolute atomic E-state index is 0.0746. The summed E-state index contributed by atoms with van der Waals surface area (Å²) in [5, 5.41) is 0. The maximum absolute atomic E-state index is 13.0. The summed E-state index contributed by atoms with van der Waals surface area (Å²) in [5.74, 6) is 0.00939. The molecule has 0 fully saturated rings. The first-order chi connectivity index (χ1) is 11.7. The zero-order chi connectivity index (χ0) is 18.4. The van der Waals surface area contributed by atoms with Gasteiger partial charge in [0.2, 0.25) is 0 Å². The monoisotopic (exact) mass is 339 g/mol. The lowest BCUT2D eigenvalue weighted by Gasteiger charge is -2.28. The third kappa shape index (κ3) is 3.11. The lowest BCUT2D eigenvalue weighted by atomic mass is 9.75. The van der Waals surface area contributed by atoms with E-state index in [9.17, 15) is 9.59 Å². The number of ketones is 1. The molecule has 5 heteroatoms. The molecule has 1 aliphatic carbocycles. The average molecular weight is 339 g/mol. The molecule has 5 nitrogen and oxygen atoms in total. The lowest BCUT2D eigenvalue weighted by molar-refractivity contribution is 0.0733. The van der Waals surface area contributed by atoms with Crippen molar-refractivity contribution >= 4 is 11.7 Å². The predicted octanol–water partition coefficient (Wildman–Crippen LogP) is 3.71. The van der Waals surface area contributed by atoms with Gasteiger partial charge in [0.15, 0.2) is 5.78 Å². The van der Waals surface area contributed by atoms with E-state index in [2.05, 4.69) is 23.8 Å². The fourth-order valence-corrected chi connectivity index (χ4v) is 3.62. The van der Waals surface area contributed by atoms with E-state index in [-0.39, 0.29) is 23.1 Å². The van der Waals surface area contributed by atoms with E-state index in [1.54, 1.807) is 18.1 Å². The van der Waals surface area contributed by atoms with E-state index in [0.717, 1.165) is 23.4 Å². The summed E-state index contributed by atoms with van der Waals surface area (Å²) in [6.07, 6.45) is 3.03. The van der Waals surface area contributed by atoms with E-state index in [0.29, 0.717) is 17.7 Å². The van der Waals surface area contributed by atoms with Crippen molar-refractivity contribution in [2.75, 3.05) is 7.05 Å². The first-order valence-electron chi connectivity index (χ1n) is 8.64. The molecule has 0 saturated heterocycles. The van der Waals surface area contributed by atoms with Crippen molar-refractivity contribution < 1.29 is 9.59 Å². The molecule has 2 aromatic heterocycles. The zero-order valence-corrected chi connectivity index (χ0v) is 15.5. The predicted molar refractivity (Wildman–Crippen MR) is 96.7 cm³/mol. The van der Waals surface area contributed by atoms with Gasteiger partial charge >= 0.3 is 0 Å². The maximum Gasteiger partial charge on any atom is 0.270 e. The average Bonchev–Trinajstić information content (AvgIpc) is 2.88. The molecule has 1 atom stereocenters. The molecule has 132 valence electrons. The molecular formula is C20H25N3O2. The molecule has 0 aromatic carbocycles. The van der Waals surface area contributed by atoms with Crippen LogP contribution in [0.15, 0.2) is 24.4 Å². The molecule has 2 heterocycles. The van der Waals surface area contributed by atoms with E-state index in [1.165, 1.54) is 0 Å². The highest BCUT2D eigenvalue weighted by molar-refractivity contribution is 6.04. The molecule has 25 heavy (non-hydrogen) atoms. The van der Waals surface area contributed by atoms with Gasteiger partial charge in [-0.1, -0.05) is 19.9 Å². The van der Waals surface area contributed by atoms with Crippen molar-refractivity contribution in [3.8, 4) is 0 Å². The molecule has 1 N–H and O–H groups in total. The van der Waals surface area contributed by atoms with E-state index >= 15 is 0 Å². The number of carbonyl (C=O) groups excluding carboxylic acids is 2. The number of rotatable bonds is 3. The number of hydrogen-bond donors (Lipinski definition) is 1. The molecule has 0 aliphatic heterocycles. The Balaban J connectivity index is 1.92. The minimum Gasteiger partial charge on any atom is -0.354 e. The number of carbonyl (C=O) groups is 2. The highest BCUT2D eigenvalue weighted by Gasteiger charge is 2.36. The van der Waals surface area contributed by atoms with Gasteiger partial charge in [0, 0.05) is 30.9 Å².